The van der Waals surface area contributed by atoms with Gasteiger partial charge in [0.25, 0.3) is 0 Å². The molecule has 7 atom stereocenters. The van der Waals surface area contributed by atoms with Gasteiger partial charge in [0.05, 0.1) is 31.3 Å². The van der Waals surface area contributed by atoms with Crippen molar-refractivity contribution in [3.63, 3.8) is 0 Å². The van der Waals surface area contributed by atoms with E-state index in [1.807, 2.05) is 4.90 Å². The number of anilines is 1. The maximum absolute atomic E-state index is 12.6. The number of benzene rings is 1. The molecule has 5 aliphatic rings. The summed E-state index contributed by atoms with van der Waals surface area (Å²) in [5.41, 5.74) is 3.08. The second-order valence-corrected chi connectivity index (χ2v) is 13.2. The van der Waals surface area contributed by atoms with Crippen molar-refractivity contribution in [2.75, 3.05) is 58.3 Å². The fourth-order valence-corrected chi connectivity index (χ4v) is 8.55. The van der Waals surface area contributed by atoms with Crippen molar-refractivity contribution in [3.8, 4) is 6.07 Å². The van der Waals surface area contributed by atoms with E-state index in [2.05, 4.69) is 76.3 Å². The molecule has 1 saturated carbocycles. The van der Waals surface area contributed by atoms with Gasteiger partial charge >= 0.3 is 0 Å². The summed E-state index contributed by atoms with van der Waals surface area (Å²) < 4.78 is 6.58. The number of nitriles is 1. The molecule has 0 aromatic heterocycles. The number of carbonyl (C=O) groups excluding carboxylic acids is 1. The third kappa shape index (κ3) is 5.78. The highest BCUT2D eigenvalue weighted by molar-refractivity contribution is 5.87. The summed E-state index contributed by atoms with van der Waals surface area (Å²) in [5.74, 6) is 0.353. The number of likely N-dealkylation sites (tertiary alicyclic amines) is 1. The quantitative estimate of drug-likeness (QED) is 0.512. The van der Waals surface area contributed by atoms with E-state index in [-0.39, 0.29) is 29.9 Å². The van der Waals surface area contributed by atoms with Gasteiger partial charge in [-0.1, -0.05) is 24.8 Å². The lowest BCUT2D eigenvalue weighted by Crippen LogP contribution is -2.73. The molecule has 1 aromatic rings. The normalized spacial score (nSPS) is 36.0. The number of piperazine rings is 1. The van der Waals surface area contributed by atoms with E-state index < -0.39 is 0 Å². The van der Waals surface area contributed by atoms with E-state index in [0.717, 1.165) is 38.9 Å². The Bertz CT molecular complexity index is 1160. The first-order valence-corrected chi connectivity index (χ1v) is 15.6. The van der Waals surface area contributed by atoms with Crippen molar-refractivity contribution < 1.29 is 9.53 Å². The summed E-state index contributed by atoms with van der Waals surface area (Å²) in [6.07, 6.45) is 8.62. The number of fused-ring (bicyclic) bond motifs is 2. The van der Waals surface area contributed by atoms with Crippen molar-refractivity contribution in [2.45, 2.75) is 75.6 Å². The summed E-state index contributed by atoms with van der Waals surface area (Å²) in [5, 5.41) is 17.3. The van der Waals surface area contributed by atoms with E-state index in [1.165, 1.54) is 36.6 Å². The molecule has 2 N–H and O–H groups in total. The number of hydrogen-bond acceptors (Lipinski definition) is 8. The number of ether oxygens (including phenoxy) is 1. The van der Waals surface area contributed by atoms with Gasteiger partial charge in [-0.25, -0.2) is 0 Å². The van der Waals surface area contributed by atoms with Crippen molar-refractivity contribution >= 4 is 11.6 Å². The predicted octanol–water partition coefficient (Wildman–Crippen LogP) is 2.36. The Morgan fingerprint density at radius 3 is 2.83 bits per heavy atom. The average Bonchev–Trinajstić information content (AvgIpc) is 3.39. The second kappa shape index (κ2) is 12.0. The lowest BCUT2D eigenvalue weighted by Gasteiger charge is -2.57. The van der Waals surface area contributed by atoms with Crippen LogP contribution in [0.5, 0.6) is 0 Å². The Morgan fingerprint density at radius 2 is 2.05 bits per heavy atom. The average molecular weight is 562 g/mol. The van der Waals surface area contributed by atoms with Crippen LogP contribution in [0.2, 0.25) is 0 Å². The van der Waals surface area contributed by atoms with Crippen molar-refractivity contribution in [1.82, 2.24) is 25.3 Å². The van der Waals surface area contributed by atoms with Crippen molar-refractivity contribution in [2.24, 2.45) is 11.3 Å². The molecule has 3 saturated heterocycles. The van der Waals surface area contributed by atoms with Gasteiger partial charge < -0.3 is 19.4 Å². The Kier molecular flexibility index (Phi) is 8.39. The Balaban J connectivity index is 1.22. The third-order valence-corrected chi connectivity index (χ3v) is 10.6. The standard InChI is InChI=1S/C32H47N7O2/c1-4-29(40)39-17-16-38(20-24(39)12-14-33)30-26-11-13-32(18-23-8-5-6-10-28(23)37(3)22-32)19-27(26)34-31(35-30)41-21-25-9-7-15-36(25)2/h4-6,8,10,24-27,30-31,34-35H,1,7,9,11-13,15-22H2,2-3H3/t24-,25-,26?,27?,30?,31?,32+/m0/s1. The predicted molar refractivity (Wildman–Crippen MR) is 160 cm³/mol. The van der Waals surface area contributed by atoms with Crippen molar-refractivity contribution in [1.29, 1.82) is 5.26 Å². The maximum atomic E-state index is 12.6. The minimum absolute atomic E-state index is 0.0794. The molecule has 9 heteroatoms. The fraction of sp³-hybridized carbons (Fsp3) is 0.688. The lowest BCUT2D eigenvalue weighted by atomic mass is 9.62. The van der Waals surface area contributed by atoms with Crippen LogP contribution in [0.25, 0.3) is 0 Å². The zero-order valence-corrected chi connectivity index (χ0v) is 24.8. The zero-order valence-electron chi connectivity index (χ0n) is 24.8. The minimum atomic E-state index is -0.221. The van der Waals surface area contributed by atoms with Crippen LogP contribution >= 0.6 is 0 Å². The Labute approximate surface area is 245 Å². The molecule has 222 valence electrons. The first-order chi connectivity index (χ1) is 19.9. The highest BCUT2D eigenvalue weighted by Gasteiger charge is 2.50. The number of hydrogen-bond donors (Lipinski definition) is 2. The Morgan fingerprint density at radius 1 is 1.20 bits per heavy atom. The number of rotatable bonds is 6. The van der Waals surface area contributed by atoms with Crippen LogP contribution in [0.1, 0.15) is 44.1 Å². The molecule has 4 unspecified atom stereocenters. The van der Waals surface area contributed by atoms with Gasteiger partial charge in [-0.3, -0.25) is 20.3 Å². The second-order valence-electron chi connectivity index (χ2n) is 13.2. The summed E-state index contributed by atoms with van der Waals surface area (Å²) in [7, 11) is 4.44. The van der Waals surface area contributed by atoms with Crippen LogP contribution in [-0.4, -0.2) is 105 Å². The van der Waals surface area contributed by atoms with Gasteiger partial charge in [0.15, 0.2) is 6.35 Å². The van der Waals surface area contributed by atoms with Crippen LogP contribution in [-0.2, 0) is 16.0 Å². The lowest BCUT2D eigenvalue weighted by molar-refractivity contribution is -0.137. The molecule has 1 spiro atoms. The molecule has 41 heavy (non-hydrogen) atoms. The molecule has 1 aliphatic carbocycles. The van der Waals surface area contributed by atoms with Gasteiger partial charge in [-0.15, -0.1) is 0 Å². The number of para-hydroxylation sites is 1. The summed E-state index contributed by atoms with van der Waals surface area (Å²) in [4.78, 5) is 21.8. The van der Waals surface area contributed by atoms with Crippen LogP contribution in [0.15, 0.2) is 36.9 Å². The van der Waals surface area contributed by atoms with E-state index in [4.69, 9.17) is 4.74 Å². The molecular weight excluding hydrogens is 514 g/mol. The summed E-state index contributed by atoms with van der Waals surface area (Å²) >= 11 is 0. The SMILES string of the molecule is C=CC(=O)N1CCN(C2NC(OC[C@@H]3CCCN3C)NC3C[C@@]4(CCC32)Cc2ccccc2N(C)C4)C[C@@H]1CC#N. The van der Waals surface area contributed by atoms with Gasteiger partial charge in [0.2, 0.25) is 5.91 Å². The monoisotopic (exact) mass is 561 g/mol. The van der Waals surface area contributed by atoms with Gasteiger partial charge in [0, 0.05) is 56.9 Å². The Hall–Kier alpha value is -2.48. The highest BCUT2D eigenvalue weighted by Crippen LogP contribution is 2.48. The fourth-order valence-electron chi connectivity index (χ4n) is 8.55. The highest BCUT2D eigenvalue weighted by atomic mass is 16.5. The van der Waals surface area contributed by atoms with Gasteiger partial charge in [0.1, 0.15) is 0 Å². The molecule has 4 fully saturated rings. The molecule has 6 rings (SSSR count). The number of carbonyl (C=O) groups is 1. The molecule has 1 amide bonds. The van der Waals surface area contributed by atoms with E-state index in [9.17, 15) is 10.1 Å². The summed E-state index contributed by atoms with van der Waals surface area (Å²) in [6, 6.07) is 11.9. The maximum Gasteiger partial charge on any atom is 0.246 e. The van der Waals surface area contributed by atoms with Crippen LogP contribution in [0.3, 0.4) is 0 Å². The van der Waals surface area contributed by atoms with Gasteiger partial charge in [-0.05, 0) is 75.2 Å². The van der Waals surface area contributed by atoms with Crippen LogP contribution in [0.4, 0.5) is 5.69 Å². The van der Waals surface area contributed by atoms with Gasteiger partial charge in [-0.2, -0.15) is 5.26 Å². The number of nitrogens with zero attached hydrogens (tertiary/aromatic N) is 5. The molecular formula is C32H47N7O2. The molecule has 4 aliphatic heterocycles. The molecule has 1 aromatic carbocycles. The number of nitrogens with one attached hydrogen (secondary N) is 2. The van der Waals surface area contributed by atoms with E-state index >= 15 is 0 Å². The molecule has 0 bridgehead atoms. The molecule has 0 radical (unpaired) electrons. The first kappa shape index (κ1) is 28.6. The van der Waals surface area contributed by atoms with Crippen LogP contribution < -0.4 is 15.5 Å². The smallest absolute Gasteiger partial charge is 0.246 e. The number of amides is 1. The number of likely N-dealkylation sites (N-methyl/N-ethyl adjacent to an activating group) is 1. The van der Waals surface area contributed by atoms with E-state index in [0.29, 0.717) is 44.1 Å². The van der Waals surface area contributed by atoms with E-state index in [1.54, 1.807) is 0 Å². The van der Waals surface area contributed by atoms with Crippen molar-refractivity contribution in [3.05, 3.63) is 42.5 Å². The molecule has 4 heterocycles. The zero-order chi connectivity index (χ0) is 28.6. The minimum Gasteiger partial charge on any atom is -0.374 e. The third-order valence-electron chi connectivity index (χ3n) is 10.6. The van der Waals surface area contributed by atoms with Crippen LogP contribution in [0, 0.1) is 22.7 Å². The molecule has 9 nitrogen and oxygen atoms in total. The summed E-state index contributed by atoms with van der Waals surface area (Å²) in [6.45, 7) is 8.71. The largest absolute Gasteiger partial charge is 0.374 e. The first-order valence-electron chi connectivity index (χ1n) is 15.6. The topological polar surface area (TPSA) is 87.1 Å².